The molecule has 2 heterocycles. The first-order valence-electron chi connectivity index (χ1n) is 10.8. The predicted molar refractivity (Wildman–Crippen MR) is 124 cm³/mol. The van der Waals surface area contributed by atoms with E-state index in [4.69, 9.17) is 21.1 Å². The Bertz CT molecular complexity index is 1080. The van der Waals surface area contributed by atoms with E-state index in [2.05, 4.69) is 30.1 Å². The second-order valence-electron chi connectivity index (χ2n) is 8.10. The summed E-state index contributed by atoms with van der Waals surface area (Å²) in [5.41, 5.74) is 3.47. The molecule has 1 aromatic heterocycles. The summed E-state index contributed by atoms with van der Waals surface area (Å²) < 4.78 is 12.6. The standard InChI is InChI=1S/C26H28ClNO3/c1-3-4-5-6-9-18-16-30-26(31-24(18)20-10-7-8-11-23(20)29)21-15-19-14-17(2)12-13-22(19)28-25(21)27/h5-8,10-15,18,24,26,29H,3-4,9,16H2,1-2H3/b6-5-/t18-,24+,26+/m1/s1. The molecule has 1 fully saturated rings. The molecular formula is C26H28ClNO3. The number of phenols is 1. The molecule has 5 heteroatoms. The van der Waals surface area contributed by atoms with Crippen molar-refractivity contribution in [2.45, 2.75) is 45.5 Å². The summed E-state index contributed by atoms with van der Waals surface area (Å²) in [6.45, 7) is 4.71. The lowest BCUT2D eigenvalue weighted by molar-refractivity contribution is -0.244. The Morgan fingerprint density at radius 2 is 1.97 bits per heavy atom. The number of unbranched alkanes of at least 4 members (excludes halogenated alkanes) is 1. The zero-order chi connectivity index (χ0) is 21.8. The average molecular weight is 438 g/mol. The molecule has 31 heavy (non-hydrogen) atoms. The van der Waals surface area contributed by atoms with Gasteiger partial charge in [-0.05, 0) is 44.0 Å². The fourth-order valence-corrected chi connectivity index (χ4v) is 4.24. The number of allylic oxidation sites excluding steroid dienone is 2. The van der Waals surface area contributed by atoms with Gasteiger partial charge in [0.05, 0.1) is 18.2 Å². The van der Waals surface area contributed by atoms with E-state index in [1.807, 2.05) is 43.3 Å². The van der Waals surface area contributed by atoms with Crippen molar-refractivity contribution in [3.8, 4) is 5.75 Å². The first-order chi connectivity index (χ1) is 15.1. The number of phenolic OH excluding ortho intramolecular Hbond substituents is 1. The number of rotatable bonds is 6. The van der Waals surface area contributed by atoms with Gasteiger partial charge >= 0.3 is 0 Å². The summed E-state index contributed by atoms with van der Waals surface area (Å²) in [7, 11) is 0. The van der Waals surface area contributed by atoms with E-state index in [9.17, 15) is 5.11 Å². The van der Waals surface area contributed by atoms with Gasteiger partial charge in [-0.2, -0.15) is 0 Å². The van der Waals surface area contributed by atoms with E-state index in [1.165, 1.54) is 0 Å². The fraction of sp³-hybridized carbons (Fsp3) is 0.346. The van der Waals surface area contributed by atoms with Gasteiger partial charge in [0.1, 0.15) is 10.9 Å². The maximum absolute atomic E-state index is 10.5. The number of nitrogens with zero attached hydrogens (tertiary/aromatic N) is 1. The molecule has 1 N–H and O–H groups in total. The molecule has 3 atom stereocenters. The van der Waals surface area contributed by atoms with Gasteiger partial charge in [-0.3, -0.25) is 0 Å². The third-order valence-electron chi connectivity index (χ3n) is 5.67. The van der Waals surface area contributed by atoms with Crippen LogP contribution < -0.4 is 0 Å². The zero-order valence-corrected chi connectivity index (χ0v) is 18.7. The SMILES string of the molecule is CCC/C=C\C[C@@H]1CO[C@H](c2cc3cc(C)ccc3nc2Cl)O[C@@H]1c1ccccc1O. The number of aryl methyl sites for hydroxylation is 1. The summed E-state index contributed by atoms with van der Waals surface area (Å²) in [5.74, 6) is 0.320. The Hall–Kier alpha value is -2.40. The third-order valence-corrected chi connectivity index (χ3v) is 5.97. The highest BCUT2D eigenvalue weighted by atomic mass is 35.5. The number of halogens is 1. The van der Waals surface area contributed by atoms with Gasteiger partial charge in [-0.25, -0.2) is 4.98 Å². The van der Waals surface area contributed by atoms with E-state index < -0.39 is 6.29 Å². The molecule has 4 rings (SSSR count). The van der Waals surface area contributed by atoms with Crippen LogP contribution in [0.5, 0.6) is 5.75 Å². The fourth-order valence-electron chi connectivity index (χ4n) is 4.00. The zero-order valence-electron chi connectivity index (χ0n) is 17.9. The Kier molecular flexibility index (Phi) is 6.91. The Morgan fingerprint density at radius 1 is 1.13 bits per heavy atom. The molecule has 0 radical (unpaired) electrons. The number of hydrogen-bond donors (Lipinski definition) is 1. The smallest absolute Gasteiger partial charge is 0.187 e. The molecule has 162 valence electrons. The molecule has 2 aromatic carbocycles. The maximum Gasteiger partial charge on any atom is 0.187 e. The van der Waals surface area contributed by atoms with Crippen molar-refractivity contribution in [3.63, 3.8) is 0 Å². The second kappa shape index (κ2) is 9.82. The number of para-hydroxylation sites is 1. The number of ether oxygens (including phenoxy) is 2. The van der Waals surface area contributed by atoms with Crippen molar-refractivity contribution < 1.29 is 14.6 Å². The molecule has 4 nitrogen and oxygen atoms in total. The van der Waals surface area contributed by atoms with Gasteiger partial charge in [0.2, 0.25) is 0 Å². The van der Waals surface area contributed by atoms with Gasteiger partial charge in [0.25, 0.3) is 0 Å². The summed E-state index contributed by atoms with van der Waals surface area (Å²) >= 11 is 6.52. The monoisotopic (exact) mass is 437 g/mol. The molecule has 1 aliphatic rings. The summed E-state index contributed by atoms with van der Waals surface area (Å²) in [5, 5.41) is 11.9. The van der Waals surface area contributed by atoms with E-state index in [0.717, 1.165) is 41.3 Å². The molecule has 3 aromatic rings. The van der Waals surface area contributed by atoms with Gasteiger partial charge in [-0.15, -0.1) is 0 Å². The van der Waals surface area contributed by atoms with Gasteiger partial charge in [-0.1, -0.05) is 66.9 Å². The number of aromatic nitrogens is 1. The number of pyridine rings is 1. The number of benzene rings is 2. The van der Waals surface area contributed by atoms with Crippen LogP contribution in [0.15, 0.2) is 60.7 Å². The minimum Gasteiger partial charge on any atom is -0.508 e. The summed E-state index contributed by atoms with van der Waals surface area (Å²) in [6, 6.07) is 15.4. The normalized spacial score (nSPS) is 21.7. The lowest BCUT2D eigenvalue weighted by Gasteiger charge is -2.37. The molecule has 0 unspecified atom stereocenters. The van der Waals surface area contributed by atoms with Gasteiger partial charge in [0.15, 0.2) is 6.29 Å². The average Bonchev–Trinajstić information content (AvgIpc) is 2.77. The van der Waals surface area contributed by atoms with Crippen LogP contribution in [0.25, 0.3) is 10.9 Å². The molecule has 0 aliphatic carbocycles. The molecule has 0 saturated carbocycles. The predicted octanol–water partition coefficient (Wildman–Crippen LogP) is 7.05. The van der Waals surface area contributed by atoms with E-state index in [-0.39, 0.29) is 17.8 Å². The third kappa shape index (κ3) is 4.93. The lowest BCUT2D eigenvalue weighted by Crippen LogP contribution is -2.30. The largest absolute Gasteiger partial charge is 0.508 e. The Labute approximate surface area is 188 Å². The van der Waals surface area contributed by atoms with Crippen molar-refractivity contribution in [3.05, 3.63) is 82.5 Å². The van der Waals surface area contributed by atoms with E-state index in [1.54, 1.807) is 6.07 Å². The molecule has 1 saturated heterocycles. The number of hydrogen-bond acceptors (Lipinski definition) is 4. The van der Waals surface area contributed by atoms with Crippen LogP contribution in [0.1, 0.15) is 55.3 Å². The van der Waals surface area contributed by atoms with Crippen LogP contribution in [-0.4, -0.2) is 16.7 Å². The van der Waals surface area contributed by atoms with E-state index in [0.29, 0.717) is 17.3 Å². The number of aromatic hydroxyl groups is 1. The Morgan fingerprint density at radius 3 is 2.77 bits per heavy atom. The summed E-state index contributed by atoms with van der Waals surface area (Å²) in [6.07, 6.45) is 6.40. The van der Waals surface area contributed by atoms with Crippen molar-refractivity contribution >= 4 is 22.5 Å². The number of fused-ring (bicyclic) bond motifs is 1. The molecule has 1 aliphatic heterocycles. The Balaban J connectivity index is 1.65. The van der Waals surface area contributed by atoms with Crippen LogP contribution in [0.4, 0.5) is 0 Å². The van der Waals surface area contributed by atoms with E-state index >= 15 is 0 Å². The van der Waals surface area contributed by atoms with Crippen molar-refractivity contribution in [1.82, 2.24) is 4.98 Å². The highest BCUT2D eigenvalue weighted by Crippen LogP contribution is 2.44. The van der Waals surface area contributed by atoms with Crippen LogP contribution in [0, 0.1) is 12.8 Å². The minimum absolute atomic E-state index is 0.0899. The van der Waals surface area contributed by atoms with Crippen molar-refractivity contribution in [2.75, 3.05) is 6.61 Å². The first kappa shape index (κ1) is 21.8. The van der Waals surface area contributed by atoms with Crippen molar-refractivity contribution in [1.29, 1.82) is 0 Å². The highest BCUT2D eigenvalue weighted by molar-refractivity contribution is 6.30. The topological polar surface area (TPSA) is 51.6 Å². The summed E-state index contributed by atoms with van der Waals surface area (Å²) in [4.78, 5) is 4.54. The van der Waals surface area contributed by atoms with Gasteiger partial charge < -0.3 is 14.6 Å². The van der Waals surface area contributed by atoms with Crippen molar-refractivity contribution in [2.24, 2.45) is 5.92 Å². The molecular weight excluding hydrogens is 410 g/mol. The van der Waals surface area contributed by atoms with Crippen LogP contribution in [0.2, 0.25) is 5.15 Å². The molecule has 0 spiro atoms. The quantitative estimate of drug-likeness (QED) is 0.331. The second-order valence-corrected chi connectivity index (χ2v) is 8.46. The lowest BCUT2D eigenvalue weighted by atomic mass is 9.91. The van der Waals surface area contributed by atoms with Crippen LogP contribution >= 0.6 is 11.6 Å². The molecule has 0 bridgehead atoms. The minimum atomic E-state index is -0.648. The highest BCUT2D eigenvalue weighted by Gasteiger charge is 2.35. The van der Waals surface area contributed by atoms with Crippen LogP contribution in [0.3, 0.4) is 0 Å². The maximum atomic E-state index is 10.5. The molecule has 0 amide bonds. The first-order valence-corrected chi connectivity index (χ1v) is 11.2. The van der Waals surface area contributed by atoms with Crippen LogP contribution in [-0.2, 0) is 9.47 Å². The van der Waals surface area contributed by atoms with Gasteiger partial charge in [0, 0.05) is 22.4 Å².